The van der Waals surface area contributed by atoms with Crippen molar-refractivity contribution in [1.29, 1.82) is 0 Å². The van der Waals surface area contributed by atoms with E-state index in [1.165, 1.54) is 29.4 Å². The van der Waals surface area contributed by atoms with Crippen molar-refractivity contribution in [3.63, 3.8) is 0 Å². The summed E-state index contributed by atoms with van der Waals surface area (Å²) in [6.45, 7) is 9.20. The number of carbonyl (C=O) groups is 2. The first-order valence-corrected chi connectivity index (χ1v) is 9.91. The van der Waals surface area contributed by atoms with Crippen LogP contribution in [-0.4, -0.2) is 52.7 Å². The van der Waals surface area contributed by atoms with E-state index in [0.717, 1.165) is 31.6 Å². The minimum absolute atomic E-state index is 0.558. The van der Waals surface area contributed by atoms with Gasteiger partial charge in [0.05, 0.1) is 0 Å². The van der Waals surface area contributed by atoms with Gasteiger partial charge in [0.15, 0.2) is 0 Å². The normalized spacial score (nSPS) is 15.0. The quantitative estimate of drug-likeness (QED) is 0.563. The van der Waals surface area contributed by atoms with Gasteiger partial charge in [-0.3, -0.25) is 4.90 Å². The predicted octanol–water partition coefficient (Wildman–Crippen LogP) is 3.37. The number of nitrogens with one attached hydrogen (secondary N) is 1. The van der Waals surface area contributed by atoms with Crippen molar-refractivity contribution in [2.45, 2.75) is 39.3 Å². The molecule has 1 saturated heterocycles. The maximum Gasteiger partial charge on any atom is 0.328 e. The summed E-state index contributed by atoms with van der Waals surface area (Å²) in [5.41, 5.74) is 1.40. The molecule has 0 unspecified atom stereocenters. The lowest BCUT2D eigenvalue weighted by Crippen LogP contribution is -2.44. The lowest BCUT2D eigenvalue weighted by Gasteiger charge is -2.36. The van der Waals surface area contributed by atoms with Crippen molar-refractivity contribution in [2.75, 3.05) is 19.6 Å². The number of carboxylic acids is 2. The molecule has 6 nitrogen and oxygen atoms in total. The Morgan fingerprint density at radius 2 is 1.74 bits per heavy atom. The maximum atomic E-state index is 9.55. The van der Waals surface area contributed by atoms with Gasteiger partial charge in [0.25, 0.3) is 0 Å². The van der Waals surface area contributed by atoms with E-state index in [9.17, 15) is 9.59 Å². The predicted molar refractivity (Wildman–Crippen MR) is 110 cm³/mol. The molecule has 1 aromatic rings. The molecule has 0 saturated carbocycles. The third kappa shape index (κ3) is 10.3. The summed E-state index contributed by atoms with van der Waals surface area (Å²) >= 11 is 3.68. The maximum absolute atomic E-state index is 9.55. The number of halogens is 1. The molecule has 3 N–H and O–H groups in total. The molecular formula is C20H29BrN2O4. The average Bonchev–Trinajstić information content (AvgIpc) is 2.62. The van der Waals surface area contributed by atoms with E-state index >= 15 is 0 Å². The number of carboxylic acid groups (broad SMARTS) is 2. The standard InChI is InChI=1S/C16H25BrN2.C4H4O4/c1-13(2)11-19(15-7-9-18-10-8-15)12-14-5-3-4-6-16(14)17;5-3(6)1-2-4(7)8/h3-6,13,15,18H,7-12H2,1-2H3;1-2H,(H,5,6)(H,7,8). The highest BCUT2D eigenvalue weighted by Gasteiger charge is 2.22. The van der Waals surface area contributed by atoms with Crippen molar-refractivity contribution < 1.29 is 19.8 Å². The van der Waals surface area contributed by atoms with Gasteiger partial charge in [-0.15, -0.1) is 0 Å². The van der Waals surface area contributed by atoms with Gasteiger partial charge in [-0.25, -0.2) is 9.59 Å². The molecule has 0 aromatic heterocycles. The Morgan fingerprint density at radius 1 is 1.19 bits per heavy atom. The smallest absolute Gasteiger partial charge is 0.328 e. The summed E-state index contributed by atoms with van der Waals surface area (Å²) in [6.07, 6.45) is 3.67. The van der Waals surface area contributed by atoms with Crippen molar-refractivity contribution in [2.24, 2.45) is 5.92 Å². The number of benzene rings is 1. The number of hydrogen-bond donors (Lipinski definition) is 3. The topological polar surface area (TPSA) is 89.9 Å². The molecule has 0 atom stereocenters. The minimum atomic E-state index is -1.26. The largest absolute Gasteiger partial charge is 0.478 e. The zero-order valence-electron chi connectivity index (χ0n) is 15.9. The summed E-state index contributed by atoms with van der Waals surface area (Å²) in [4.78, 5) is 21.8. The van der Waals surface area contributed by atoms with Crippen LogP contribution in [0.25, 0.3) is 0 Å². The average molecular weight is 441 g/mol. The molecule has 150 valence electrons. The molecule has 1 heterocycles. The highest BCUT2D eigenvalue weighted by Crippen LogP contribution is 2.22. The van der Waals surface area contributed by atoms with Gasteiger partial charge in [0, 0.05) is 35.8 Å². The first-order chi connectivity index (χ1) is 12.8. The fourth-order valence-electron chi connectivity index (χ4n) is 2.97. The summed E-state index contributed by atoms with van der Waals surface area (Å²) < 4.78 is 1.23. The summed E-state index contributed by atoms with van der Waals surface area (Å²) in [7, 11) is 0. The number of nitrogens with zero attached hydrogens (tertiary/aromatic N) is 1. The third-order valence-corrected chi connectivity index (χ3v) is 4.90. The Bertz CT molecular complexity index is 612. The lowest BCUT2D eigenvalue weighted by atomic mass is 10.0. The minimum Gasteiger partial charge on any atom is -0.478 e. The Labute approximate surface area is 169 Å². The molecule has 1 aliphatic heterocycles. The van der Waals surface area contributed by atoms with Crippen LogP contribution in [-0.2, 0) is 16.1 Å². The van der Waals surface area contributed by atoms with E-state index in [2.05, 4.69) is 64.3 Å². The molecule has 27 heavy (non-hydrogen) atoms. The number of rotatable bonds is 7. The summed E-state index contributed by atoms with van der Waals surface area (Å²) in [5, 5.41) is 19.1. The van der Waals surface area contributed by atoms with E-state index in [0.29, 0.717) is 12.2 Å². The molecule has 0 aliphatic carbocycles. The van der Waals surface area contributed by atoms with Crippen LogP contribution in [0.3, 0.4) is 0 Å². The molecule has 0 spiro atoms. The molecule has 2 rings (SSSR count). The number of piperidine rings is 1. The van der Waals surface area contributed by atoms with E-state index in [1.807, 2.05) is 0 Å². The van der Waals surface area contributed by atoms with Gasteiger partial charge in [-0.05, 0) is 43.5 Å². The van der Waals surface area contributed by atoms with Gasteiger partial charge < -0.3 is 15.5 Å². The second kappa shape index (κ2) is 12.6. The first-order valence-electron chi connectivity index (χ1n) is 9.11. The van der Waals surface area contributed by atoms with Gasteiger partial charge in [-0.2, -0.15) is 0 Å². The van der Waals surface area contributed by atoms with Crippen LogP contribution in [0.4, 0.5) is 0 Å². The molecule has 0 bridgehead atoms. The molecule has 0 amide bonds. The highest BCUT2D eigenvalue weighted by molar-refractivity contribution is 9.10. The van der Waals surface area contributed by atoms with Crippen LogP contribution in [0.5, 0.6) is 0 Å². The van der Waals surface area contributed by atoms with Crippen LogP contribution in [0, 0.1) is 5.92 Å². The Morgan fingerprint density at radius 3 is 2.22 bits per heavy atom. The monoisotopic (exact) mass is 440 g/mol. The lowest BCUT2D eigenvalue weighted by molar-refractivity contribution is -0.134. The highest BCUT2D eigenvalue weighted by atomic mass is 79.9. The molecule has 1 fully saturated rings. The second-order valence-electron chi connectivity index (χ2n) is 6.91. The zero-order valence-corrected chi connectivity index (χ0v) is 17.5. The van der Waals surface area contributed by atoms with Crippen molar-refractivity contribution >= 4 is 27.9 Å². The van der Waals surface area contributed by atoms with Crippen molar-refractivity contribution in [3.8, 4) is 0 Å². The van der Waals surface area contributed by atoms with E-state index in [1.54, 1.807) is 0 Å². The molecule has 7 heteroatoms. The molecule has 0 radical (unpaired) electrons. The van der Waals surface area contributed by atoms with Crippen LogP contribution < -0.4 is 5.32 Å². The summed E-state index contributed by atoms with van der Waals surface area (Å²) in [6, 6.07) is 9.33. The van der Waals surface area contributed by atoms with Crippen LogP contribution in [0.15, 0.2) is 40.9 Å². The Balaban J connectivity index is 0.000000387. The Hall–Kier alpha value is -1.70. The number of aliphatic carboxylic acids is 2. The van der Waals surface area contributed by atoms with Crippen molar-refractivity contribution in [1.82, 2.24) is 10.2 Å². The van der Waals surface area contributed by atoms with E-state index in [4.69, 9.17) is 10.2 Å². The number of hydrogen-bond acceptors (Lipinski definition) is 4. The second-order valence-corrected chi connectivity index (χ2v) is 7.76. The zero-order chi connectivity index (χ0) is 20.2. The van der Waals surface area contributed by atoms with Crippen LogP contribution in [0.2, 0.25) is 0 Å². The fraction of sp³-hybridized carbons (Fsp3) is 0.500. The molecule has 1 aliphatic rings. The van der Waals surface area contributed by atoms with Crippen molar-refractivity contribution in [3.05, 3.63) is 46.5 Å². The summed E-state index contributed by atoms with van der Waals surface area (Å²) in [5.74, 6) is -1.79. The molecule has 1 aromatic carbocycles. The van der Waals surface area contributed by atoms with E-state index in [-0.39, 0.29) is 0 Å². The molecular weight excluding hydrogens is 412 g/mol. The Kier molecular flexibility index (Phi) is 10.9. The first kappa shape index (κ1) is 23.3. The van der Waals surface area contributed by atoms with Gasteiger partial charge in [0.2, 0.25) is 0 Å². The van der Waals surface area contributed by atoms with Gasteiger partial charge in [-0.1, -0.05) is 48.0 Å². The fourth-order valence-corrected chi connectivity index (χ4v) is 3.38. The van der Waals surface area contributed by atoms with Gasteiger partial charge in [0.1, 0.15) is 0 Å². The van der Waals surface area contributed by atoms with Crippen LogP contribution >= 0.6 is 15.9 Å². The van der Waals surface area contributed by atoms with Gasteiger partial charge >= 0.3 is 11.9 Å². The SMILES string of the molecule is CC(C)CN(Cc1ccccc1Br)C1CCNCC1.O=C(O)C=CC(=O)O. The van der Waals surface area contributed by atoms with E-state index < -0.39 is 11.9 Å². The third-order valence-electron chi connectivity index (χ3n) is 4.12. The van der Waals surface area contributed by atoms with Crippen LogP contribution in [0.1, 0.15) is 32.3 Å².